The Bertz CT molecular complexity index is 854. The van der Waals surface area contributed by atoms with Gasteiger partial charge in [-0.3, -0.25) is 25.0 Å². The number of rotatable bonds is 8. The molecule has 11 nitrogen and oxygen atoms in total. The number of alkyl carbamates (subject to hydrolysis) is 1. The van der Waals surface area contributed by atoms with Gasteiger partial charge in [-0.25, -0.2) is 4.79 Å². The fourth-order valence-corrected chi connectivity index (χ4v) is 2.48. The van der Waals surface area contributed by atoms with Crippen LogP contribution in [0, 0.1) is 20.2 Å². The van der Waals surface area contributed by atoms with E-state index in [0.717, 1.165) is 0 Å². The van der Waals surface area contributed by atoms with Crippen molar-refractivity contribution in [3.63, 3.8) is 0 Å². The third-order valence-electron chi connectivity index (χ3n) is 4.10. The van der Waals surface area contributed by atoms with Crippen LogP contribution in [0.2, 0.25) is 0 Å². The number of carbonyl (C=O) groups is 2. The summed E-state index contributed by atoms with van der Waals surface area (Å²) < 4.78 is 5.11. The topological polar surface area (TPSA) is 162 Å². The molecule has 2 N–H and O–H groups in total. The van der Waals surface area contributed by atoms with Gasteiger partial charge in [-0.1, -0.05) is 24.3 Å². The van der Waals surface area contributed by atoms with Gasteiger partial charge < -0.3 is 15.2 Å². The number of carboxylic acid groups (broad SMARTS) is 1. The van der Waals surface area contributed by atoms with Crippen LogP contribution in [0.3, 0.4) is 0 Å². The van der Waals surface area contributed by atoms with Crippen LogP contribution in [0.4, 0.5) is 16.2 Å². The van der Waals surface area contributed by atoms with E-state index >= 15 is 0 Å². The summed E-state index contributed by atoms with van der Waals surface area (Å²) in [6.07, 6.45) is -0.950. The molecular formula is C18H17N3O8. The molecule has 0 radical (unpaired) electrons. The molecule has 0 aliphatic carbocycles. The summed E-state index contributed by atoms with van der Waals surface area (Å²) in [7, 11) is 0. The molecule has 152 valence electrons. The molecule has 0 spiro atoms. The molecule has 29 heavy (non-hydrogen) atoms. The van der Waals surface area contributed by atoms with Crippen molar-refractivity contribution in [1.29, 1.82) is 0 Å². The third kappa shape index (κ3) is 5.73. The van der Waals surface area contributed by atoms with Crippen LogP contribution >= 0.6 is 0 Å². The number of aliphatic carboxylic acids is 1. The number of carbonyl (C=O) groups excluding carboxylic acids is 1. The van der Waals surface area contributed by atoms with Crippen molar-refractivity contribution in [3.05, 3.63) is 79.9 Å². The molecule has 0 fully saturated rings. The lowest BCUT2D eigenvalue weighted by molar-refractivity contribution is -0.385. The number of benzene rings is 2. The molecular weight excluding hydrogens is 386 g/mol. The zero-order valence-electron chi connectivity index (χ0n) is 15.2. The summed E-state index contributed by atoms with van der Waals surface area (Å²) in [5, 5.41) is 32.7. The van der Waals surface area contributed by atoms with Gasteiger partial charge in [-0.2, -0.15) is 0 Å². The minimum Gasteiger partial charge on any atom is -0.480 e. The molecule has 2 aromatic carbocycles. The standard InChI is InChI=1S/C18H17N3O8/c1-11(17(22)23)19-18(24)29-10-16(12-2-6-14(7-3-12)20(25)26)13-4-8-15(9-5-13)21(27)28/h2-9,11,16H,10H2,1H3,(H,19,24)(H,22,23). The Kier molecular flexibility index (Phi) is 6.80. The highest BCUT2D eigenvalue weighted by molar-refractivity contribution is 5.79. The minimum atomic E-state index is -1.23. The first-order valence-corrected chi connectivity index (χ1v) is 8.34. The Morgan fingerprint density at radius 3 is 1.72 bits per heavy atom. The van der Waals surface area contributed by atoms with Gasteiger partial charge in [0.15, 0.2) is 0 Å². The second-order valence-electron chi connectivity index (χ2n) is 6.05. The van der Waals surface area contributed by atoms with Crippen molar-refractivity contribution in [2.75, 3.05) is 6.61 Å². The van der Waals surface area contributed by atoms with Crippen LogP contribution in [0.15, 0.2) is 48.5 Å². The number of non-ortho nitro benzene ring substituents is 2. The van der Waals surface area contributed by atoms with Gasteiger partial charge in [0.25, 0.3) is 11.4 Å². The second-order valence-corrected chi connectivity index (χ2v) is 6.05. The highest BCUT2D eigenvalue weighted by Crippen LogP contribution is 2.28. The van der Waals surface area contributed by atoms with E-state index in [-0.39, 0.29) is 18.0 Å². The van der Waals surface area contributed by atoms with Gasteiger partial charge in [0.1, 0.15) is 12.6 Å². The monoisotopic (exact) mass is 403 g/mol. The highest BCUT2D eigenvalue weighted by Gasteiger charge is 2.21. The summed E-state index contributed by atoms with van der Waals surface area (Å²) in [6, 6.07) is 9.98. The van der Waals surface area contributed by atoms with Crippen LogP contribution in [0.1, 0.15) is 24.0 Å². The maximum absolute atomic E-state index is 11.8. The molecule has 1 unspecified atom stereocenters. The van der Waals surface area contributed by atoms with Crippen molar-refractivity contribution in [2.45, 2.75) is 18.9 Å². The lowest BCUT2D eigenvalue weighted by Gasteiger charge is -2.19. The fourth-order valence-electron chi connectivity index (χ4n) is 2.48. The van der Waals surface area contributed by atoms with E-state index in [1.807, 2.05) is 0 Å². The lowest BCUT2D eigenvalue weighted by Crippen LogP contribution is -2.39. The van der Waals surface area contributed by atoms with E-state index in [9.17, 15) is 29.8 Å². The summed E-state index contributed by atoms with van der Waals surface area (Å²) >= 11 is 0. The minimum absolute atomic E-state index is 0.120. The highest BCUT2D eigenvalue weighted by atomic mass is 16.6. The van der Waals surface area contributed by atoms with Gasteiger partial charge in [0.2, 0.25) is 0 Å². The number of amides is 1. The zero-order valence-corrected chi connectivity index (χ0v) is 15.2. The number of ether oxygens (including phenoxy) is 1. The average Bonchev–Trinajstić information content (AvgIpc) is 2.68. The molecule has 11 heteroatoms. The number of nitro groups is 2. The Labute approximate surface area is 164 Å². The first kappa shape index (κ1) is 21.3. The molecule has 0 aromatic heterocycles. The average molecular weight is 403 g/mol. The zero-order chi connectivity index (χ0) is 21.6. The maximum atomic E-state index is 11.8. The van der Waals surface area contributed by atoms with Crippen molar-refractivity contribution in [1.82, 2.24) is 5.32 Å². The van der Waals surface area contributed by atoms with E-state index in [2.05, 4.69) is 5.32 Å². The molecule has 2 aromatic rings. The predicted molar refractivity (Wildman–Crippen MR) is 99.6 cm³/mol. The molecule has 2 rings (SSSR count). The molecule has 0 saturated heterocycles. The van der Waals surface area contributed by atoms with Crippen molar-refractivity contribution >= 4 is 23.4 Å². The van der Waals surface area contributed by atoms with Gasteiger partial charge in [-0.05, 0) is 18.1 Å². The number of nitro benzene ring substituents is 2. The second kappa shape index (κ2) is 9.26. The maximum Gasteiger partial charge on any atom is 0.407 e. The first-order valence-electron chi connectivity index (χ1n) is 8.34. The summed E-state index contributed by atoms with van der Waals surface area (Å²) in [6.45, 7) is 1.06. The van der Waals surface area contributed by atoms with Gasteiger partial charge in [-0.15, -0.1) is 0 Å². The van der Waals surface area contributed by atoms with Crippen LogP contribution in [0.5, 0.6) is 0 Å². The van der Waals surface area contributed by atoms with Crippen molar-refractivity contribution in [3.8, 4) is 0 Å². The number of nitrogens with zero attached hydrogens (tertiary/aromatic N) is 2. The summed E-state index contributed by atoms with van der Waals surface area (Å²) in [4.78, 5) is 43.2. The first-order chi connectivity index (χ1) is 13.7. The summed E-state index contributed by atoms with van der Waals surface area (Å²) in [5.74, 6) is -1.81. The van der Waals surface area contributed by atoms with E-state index < -0.39 is 33.9 Å². The van der Waals surface area contributed by atoms with E-state index in [1.165, 1.54) is 55.5 Å². The fraction of sp³-hybridized carbons (Fsp3) is 0.222. The predicted octanol–water partition coefficient (Wildman–Crippen LogP) is 2.83. The van der Waals surface area contributed by atoms with E-state index in [4.69, 9.17) is 9.84 Å². The lowest BCUT2D eigenvalue weighted by atomic mass is 9.92. The van der Waals surface area contributed by atoms with Gasteiger partial charge in [0, 0.05) is 30.2 Å². The largest absolute Gasteiger partial charge is 0.480 e. The van der Waals surface area contributed by atoms with Crippen molar-refractivity contribution < 1.29 is 29.3 Å². The van der Waals surface area contributed by atoms with E-state index in [1.54, 1.807) is 0 Å². The molecule has 0 saturated carbocycles. The van der Waals surface area contributed by atoms with Gasteiger partial charge >= 0.3 is 12.1 Å². The van der Waals surface area contributed by atoms with Crippen LogP contribution in [0.25, 0.3) is 0 Å². The Morgan fingerprint density at radius 2 is 1.38 bits per heavy atom. The Morgan fingerprint density at radius 1 is 0.966 bits per heavy atom. The third-order valence-corrected chi connectivity index (χ3v) is 4.10. The number of hydrogen-bond donors (Lipinski definition) is 2. The summed E-state index contributed by atoms with van der Waals surface area (Å²) in [5.41, 5.74) is 0.905. The van der Waals surface area contributed by atoms with Crippen LogP contribution < -0.4 is 5.32 Å². The smallest absolute Gasteiger partial charge is 0.407 e. The van der Waals surface area contributed by atoms with Crippen LogP contribution in [-0.4, -0.2) is 39.7 Å². The molecule has 0 bridgehead atoms. The molecule has 0 aliphatic heterocycles. The van der Waals surface area contributed by atoms with Gasteiger partial charge in [0.05, 0.1) is 9.85 Å². The molecule has 0 aliphatic rings. The quantitative estimate of drug-likeness (QED) is 0.502. The molecule has 1 amide bonds. The number of hydrogen-bond acceptors (Lipinski definition) is 7. The molecule has 0 heterocycles. The Balaban J connectivity index is 2.25. The van der Waals surface area contributed by atoms with Crippen LogP contribution in [-0.2, 0) is 9.53 Å². The normalized spacial score (nSPS) is 11.5. The number of carboxylic acids is 1. The van der Waals surface area contributed by atoms with Crippen molar-refractivity contribution in [2.24, 2.45) is 0 Å². The molecule has 1 atom stereocenters. The number of nitrogens with one attached hydrogen (secondary N) is 1. The Hall–Kier alpha value is -4.02. The van der Waals surface area contributed by atoms with E-state index in [0.29, 0.717) is 11.1 Å². The SMILES string of the molecule is CC(NC(=O)OCC(c1ccc([N+](=O)[O-])cc1)c1ccc([N+](=O)[O-])cc1)C(=O)O.